The van der Waals surface area contributed by atoms with Crippen molar-refractivity contribution in [3.63, 3.8) is 0 Å². The Labute approximate surface area is 101 Å². The van der Waals surface area contributed by atoms with Crippen LogP contribution in [0.2, 0.25) is 0 Å². The SMILES string of the molecule is CNCC1CN(Cc2ccco2)CC(=O)N1C. The first kappa shape index (κ1) is 12.1. The molecule has 1 saturated heterocycles. The van der Waals surface area contributed by atoms with Gasteiger partial charge >= 0.3 is 0 Å². The second-order valence-corrected chi connectivity index (χ2v) is 4.47. The molecule has 1 aromatic rings. The van der Waals surface area contributed by atoms with Crippen molar-refractivity contribution < 1.29 is 9.21 Å². The summed E-state index contributed by atoms with van der Waals surface area (Å²) in [5, 5.41) is 3.12. The highest BCUT2D eigenvalue weighted by Gasteiger charge is 2.29. The number of hydrogen-bond acceptors (Lipinski definition) is 4. The van der Waals surface area contributed by atoms with Gasteiger partial charge in [-0.2, -0.15) is 0 Å². The molecule has 1 aliphatic heterocycles. The summed E-state index contributed by atoms with van der Waals surface area (Å²) < 4.78 is 5.31. The molecule has 1 fully saturated rings. The van der Waals surface area contributed by atoms with Gasteiger partial charge in [-0.25, -0.2) is 0 Å². The summed E-state index contributed by atoms with van der Waals surface area (Å²) in [7, 11) is 3.78. The molecule has 17 heavy (non-hydrogen) atoms. The van der Waals surface area contributed by atoms with Gasteiger partial charge in [-0.15, -0.1) is 0 Å². The Morgan fingerprint density at radius 1 is 1.59 bits per heavy atom. The van der Waals surface area contributed by atoms with Crippen molar-refractivity contribution in [1.29, 1.82) is 0 Å². The van der Waals surface area contributed by atoms with E-state index in [0.717, 1.165) is 18.8 Å². The van der Waals surface area contributed by atoms with Gasteiger partial charge in [0.25, 0.3) is 0 Å². The number of hydrogen-bond donors (Lipinski definition) is 1. The van der Waals surface area contributed by atoms with Crippen molar-refractivity contribution in [2.45, 2.75) is 12.6 Å². The van der Waals surface area contributed by atoms with Gasteiger partial charge in [0, 0.05) is 20.1 Å². The number of carbonyl (C=O) groups is 1. The molecule has 0 bridgehead atoms. The molecule has 94 valence electrons. The number of furan rings is 1. The van der Waals surface area contributed by atoms with Crippen molar-refractivity contribution in [1.82, 2.24) is 15.1 Å². The zero-order valence-corrected chi connectivity index (χ0v) is 10.3. The van der Waals surface area contributed by atoms with E-state index in [2.05, 4.69) is 10.2 Å². The van der Waals surface area contributed by atoms with Gasteiger partial charge < -0.3 is 14.6 Å². The van der Waals surface area contributed by atoms with E-state index in [9.17, 15) is 4.79 Å². The van der Waals surface area contributed by atoms with E-state index in [1.807, 2.05) is 31.1 Å². The maximum absolute atomic E-state index is 11.8. The summed E-state index contributed by atoms with van der Waals surface area (Å²) in [6.45, 7) is 2.87. The molecule has 0 aromatic carbocycles. The molecular weight excluding hydrogens is 218 g/mol. The third kappa shape index (κ3) is 2.87. The van der Waals surface area contributed by atoms with E-state index >= 15 is 0 Å². The van der Waals surface area contributed by atoms with Crippen LogP contribution in [0.15, 0.2) is 22.8 Å². The summed E-state index contributed by atoms with van der Waals surface area (Å²) in [6, 6.07) is 4.05. The lowest BCUT2D eigenvalue weighted by Crippen LogP contribution is -2.57. The molecular formula is C12H19N3O2. The van der Waals surface area contributed by atoms with Crippen LogP contribution in [-0.2, 0) is 11.3 Å². The first-order chi connectivity index (χ1) is 8.20. The van der Waals surface area contributed by atoms with Crippen LogP contribution in [0.1, 0.15) is 5.76 Å². The van der Waals surface area contributed by atoms with Gasteiger partial charge in [0.1, 0.15) is 5.76 Å². The van der Waals surface area contributed by atoms with E-state index in [0.29, 0.717) is 13.1 Å². The van der Waals surface area contributed by atoms with Gasteiger partial charge in [-0.3, -0.25) is 9.69 Å². The van der Waals surface area contributed by atoms with E-state index in [1.165, 1.54) is 0 Å². The second kappa shape index (κ2) is 5.33. The summed E-state index contributed by atoms with van der Waals surface area (Å²) in [6.07, 6.45) is 1.66. The van der Waals surface area contributed by atoms with Crippen LogP contribution >= 0.6 is 0 Å². The number of nitrogens with zero attached hydrogens (tertiary/aromatic N) is 2. The molecule has 0 spiro atoms. The molecule has 1 atom stereocenters. The van der Waals surface area contributed by atoms with Gasteiger partial charge in [0.05, 0.1) is 25.4 Å². The fourth-order valence-corrected chi connectivity index (χ4v) is 2.17. The number of amides is 1. The minimum Gasteiger partial charge on any atom is -0.468 e. The largest absolute Gasteiger partial charge is 0.468 e. The molecule has 1 aliphatic rings. The fourth-order valence-electron chi connectivity index (χ4n) is 2.17. The number of nitrogens with one attached hydrogen (secondary N) is 1. The van der Waals surface area contributed by atoms with Crippen LogP contribution in [0.25, 0.3) is 0 Å². The lowest BCUT2D eigenvalue weighted by atomic mass is 10.1. The first-order valence-electron chi connectivity index (χ1n) is 5.85. The molecule has 5 heteroatoms. The number of carbonyl (C=O) groups excluding carboxylic acids is 1. The molecule has 1 unspecified atom stereocenters. The Balaban J connectivity index is 1.97. The molecule has 1 aromatic heterocycles. The Bertz CT molecular complexity index is 364. The Hall–Kier alpha value is -1.33. The summed E-state index contributed by atoms with van der Waals surface area (Å²) in [5.41, 5.74) is 0. The van der Waals surface area contributed by atoms with Gasteiger partial charge in [-0.1, -0.05) is 0 Å². The third-order valence-electron chi connectivity index (χ3n) is 3.17. The number of rotatable bonds is 4. The Kier molecular flexibility index (Phi) is 3.81. The normalized spacial score (nSPS) is 22.1. The highest BCUT2D eigenvalue weighted by Crippen LogP contribution is 2.12. The van der Waals surface area contributed by atoms with Crippen LogP contribution in [0.5, 0.6) is 0 Å². The monoisotopic (exact) mass is 237 g/mol. The van der Waals surface area contributed by atoms with Crippen LogP contribution in [-0.4, -0.2) is 55.5 Å². The van der Waals surface area contributed by atoms with Gasteiger partial charge in [-0.05, 0) is 19.2 Å². The molecule has 5 nitrogen and oxygen atoms in total. The van der Waals surface area contributed by atoms with Crippen LogP contribution < -0.4 is 5.32 Å². The van der Waals surface area contributed by atoms with Gasteiger partial charge in [0.2, 0.25) is 5.91 Å². The van der Waals surface area contributed by atoms with E-state index < -0.39 is 0 Å². The van der Waals surface area contributed by atoms with Crippen LogP contribution in [0, 0.1) is 0 Å². The molecule has 0 radical (unpaired) electrons. The minimum atomic E-state index is 0.169. The van der Waals surface area contributed by atoms with E-state index in [-0.39, 0.29) is 11.9 Å². The first-order valence-corrected chi connectivity index (χ1v) is 5.85. The van der Waals surface area contributed by atoms with Crippen molar-refractivity contribution >= 4 is 5.91 Å². The highest BCUT2D eigenvalue weighted by atomic mass is 16.3. The van der Waals surface area contributed by atoms with Crippen LogP contribution in [0.4, 0.5) is 0 Å². The number of piperazine rings is 1. The van der Waals surface area contributed by atoms with Crippen LogP contribution in [0.3, 0.4) is 0 Å². The van der Waals surface area contributed by atoms with Gasteiger partial charge in [0.15, 0.2) is 0 Å². The number of likely N-dealkylation sites (N-methyl/N-ethyl adjacent to an activating group) is 2. The van der Waals surface area contributed by atoms with Crippen molar-refractivity contribution in [3.8, 4) is 0 Å². The quantitative estimate of drug-likeness (QED) is 0.809. The average molecular weight is 237 g/mol. The summed E-state index contributed by atoms with van der Waals surface area (Å²) >= 11 is 0. The molecule has 2 rings (SSSR count). The zero-order valence-electron chi connectivity index (χ0n) is 10.3. The Morgan fingerprint density at radius 2 is 2.41 bits per heavy atom. The van der Waals surface area contributed by atoms with E-state index in [4.69, 9.17) is 4.42 Å². The molecule has 0 aliphatic carbocycles. The zero-order chi connectivity index (χ0) is 12.3. The maximum atomic E-state index is 11.8. The standard InChI is InChI=1S/C12H19N3O2/c1-13-6-10-7-15(9-12(16)14(10)2)8-11-4-3-5-17-11/h3-5,10,13H,6-9H2,1-2H3. The minimum absolute atomic E-state index is 0.169. The predicted molar refractivity (Wildman–Crippen MR) is 64.5 cm³/mol. The molecule has 0 saturated carbocycles. The topological polar surface area (TPSA) is 48.7 Å². The van der Waals surface area contributed by atoms with Crippen molar-refractivity contribution in [2.75, 3.05) is 33.7 Å². The summed E-state index contributed by atoms with van der Waals surface area (Å²) in [4.78, 5) is 15.8. The van der Waals surface area contributed by atoms with E-state index in [1.54, 1.807) is 6.26 Å². The lowest BCUT2D eigenvalue weighted by Gasteiger charge is -2.38. The molecule has 1 N–H and O–H groups in total. The third-order valence-corrected chi connectivity index (χ3v) is 3.17. The lowest BCUT2D eigenvalue weighted by molar-refractivity contribution is -0.138. The fraction of sp³-hybridized carbons (Fsp3) is 0.583. The average Bonchev–Trinajstić information content (AvgIpc) is 2.78. The summed E-state index contributed by atoms with van der Waals surface area (Å²) in [5.74, 6) is 1.08. The Morgan fingerprint density at radius 3 is 3.06 bits per heavy atom. The smallest absolute Gasteiger partial charge is 0.236 e. The molecule has 1 amide bonds. The predicted octanol–water partition coefficient (Wildman–Crippen LogP) is 0.142. The maximum Gasteiger partial charge on any atom is 0.236 e. The van der Waals surface area contributed by atoms with Crippen molar-refractivity contribution in [3.05, 3.63) is 24.2 Å². The molecule has 2 heterocycles. The highest BCUT2D eigenvalue weighted by molar-refractivity contribution is 5.79. The van der Waals surface area contributed by atoms with Crippen molar-refractivity contribution in [2.24, 2.45) is 0 Å². The second-order valence-electron chi connectivity index (χ2n) is 4.47.